The van der Waals surface area contributed by atoms with Crippen LogP contribution in [0.1, 0.15) is 0 Å². The predicted octanol–water partition coefficient (Wildman–Crippen LogP) is -0.885. The van der Waals surface area contributed by atoms with Crippen molar-refractivity contribution in [2.24, 2.45) is 0 Å². The average Bonchev–Trinajstić information content (AvgIpc) is 1.00. The summed E-state index contributed by atoms with van der Waals surface area (Å²) in [7, 11) is 0. The summed E-state index contributed by atoms with van der Waals surface area (Å²) in [5, 5.41) is 0. The van der Waals surface area contributed by atoms with E-state index in [1.807, 2.05) is 0 Å². The number of hydrogen-bond acceptors (Lipinski definition) is 1. The molecule has 0 aromatic heterocycles. The number of rotatable bonds is 0. The van der Waals surface area contributed by atoms with Crippen LogP contribution in [-0.4, -0.2) is 46.9 Å². The maximum absolute atomic E-state index is 8.30. The van der Waals surface area contributed by atoms with Gasteiger partial charge >= 0.3 is 26.0 Å². The molecule has 26 valence electrons. The minimum Gasteiger partial charge on any atom is 0 e. The van der Waals surface area contributed by atoms with Gasteiger partial charge in [0.2, 0.25) is 0 Å². The molecule has 0 aliphatic rings. The Kier molecular flexibility index (Phi) is 151. The second-order valence-corrected chi connectivity index (χ2v) is 0. The van der Waals surface area contributed by atoms with E-state index in [4.69, 9.17) is 3.02 Å². The van der Waals surface area contributed by atoms with Crippen LogP contribution in [-0.2, 0) is 42.6 Å². The van der Waals surface area contributed by atoms with Gasteiger partial charge in [0.15, 0.2) is 0 Å². The van der Waals surface area contributed by atoms with Crippen LogP contribution in [0.5, 0.6) is 0 Å². The van der Waals surface area contributed by atoms with Gasteiger partial charge in [-0.2, -0.15) is 0 Å². The summed E-state index contributed by atoms with van der Waals surface area (Å²) in [6.07, 6.45) is 0. The smallest absolute Gasteiger partial charge is 0 e. The molecule has 0 saturated heterocycles. The topological polar surface area (TPSA) is 17.1 Å². The molecule has 6 radical (unpaired) electrons. The molecule has 0 bridgehead atoms. The van der Waals surface area contributed by atoms with Crippen molar-refractivity contribution in [1.29, 1.82) is 0 Å². The van der Waals surface area contributed by atoms with E-state index >= 15 is 0 Å². The SMILES string of the molecule is [O]=[Sb].[Sn].[V].[W]. The first-order valence-electron chi connectivity index (χ1n) is 0.183. The van der Waals surface area contributed by atoms with Gasteiger partial charge in [-0.3, -0.25) is 0 Å². The fourth-order valence-corrected chi connectivity index (χ4v) is 0. The molecule has 0 aliphatic heterocycles. The molecule has 0 heterocycles. The summed E-state index contributed by atoms with van der Waals surface area (Å²) < 4.78 is 8.30. The summed E-state index contributed by atoms with van der Waals surface area (Å²) in [5.41, 5.74) is 0. The molecule has 1 nitrogen and oxygen atoms in total. The molecule has 0 amide bonds. The zero-order valence-corrected chi connectivity index (χ0v) is 11.9. The van der Waals surface area contributed by atoms with Crippen molar-refractivity contribution in [1.82, 2.24) is 0 Å². The van der Waals surface area contributed by atoms with Crippen LogP contribution in [0.2, 0.25) is 0 Å². The van der Waals surface area contributed by atoms with Crippen LogP contribution in [0.15, 0.2) is 0 Å². The Morgan fingerprint density at radius 1 is 1.20 bits per heavy atom. The average molecular weight is 491 g/mol. The predicted molar refractivity (Wildman–Crippen MR) is 12.2 cm³/mol. The first-order valence-corrected chi connectivity index (χ1v) is 1.22. The fraction of sp³-hybridized carbons (Fsp3) is 0. The molecule has 0 fully saturated rings. The molecule has 0 spiro atoms. The van der Waals surface area contributed by atoms with E-state index in [0.29, 0.717) is 23.0 Å². The molecule has 0 unspecified atom stereocenters. The number of hydrogen-bond donors (Lipinski definition) is 0. The zero-order chi connectivity index (χ0) is 2.00. The van der Waals surface area contributed by atoms with Gasteiger partial charge in [0.1, 0.15) is 0 Å². The van der Waals surface area contributed by atoms with Crippen molar-refractivity contribution >= 4 is 46.9 Å². The summed E-state index contributed by atoms with van der Waals surface area (Å²) in [6.45, 7) is 0. The quantitative estimate of drug-likeness (QED) is 0.403. The van der Waals surface area contributed by atoms with E-state index in [9.17, 15) is 0 Å². The van der Waals surface area contributed by atoms with Gasteiger partial charge in [-0.1, -0.05) is 0 Å². The molecular formula is OSbSnVW. The molecule has 0 saturated carbocycles. The van der Waals surface area contributed by atoms with Gasteiger partial charge in [0.05, 0.1) is 0 Å². The Bertz CT molecular complexity index is 11.6. The third-order valence-corrected chi connectivity index (χ3v) is 0. The van der Waals surface area contributed by atoms with Gasteiger partial charge in [0.25, 0.3) is 0 Å². The molecule has 0 rings (SSSR count). The van der Waals surface area contributed by atoms with Crippen LogP contribution in [0, 0.1) is 0 Å². The van der Waals surface area contributed by atoms with Crippen molar-refractivity contribution in [2.45, 2.75) is 0 Å². The Morgan fingerprint density at radius 3 is 1.20 bits per heavy atom. The third kappa shape index (κ3) is 20.3. The van der Waals surface area contributed by atoms with Crippen molar-refractivity contribution in [3.63, 3.8) is 0 Å². The Morgan fingerprint density at radius 2 is 1.20 bits per heavy atom. The first-order chi connectivity index (χ1) is 1.00. The molecule has 5 heteroatoms. The van der Waals surface area contributed by atoms with Crippen LogP contribution in [0.4, 0.5) is 0 Å². The Balaban J connectivity index is -0.00000000167. The fourth-order valence-electron chi connectivity index (χ4n) is 0. The van der Waals surface area contributed by atoms with Crippen molar-refractivity contribution in [2.75, 3.05) is 0 Å². The van der Waals surface area contributed by atoms with E-state index in [1.54, 1.807) is 0 Å². The van der Waals surface area contributed by atoms with Gasteiger partial charge in [-0.15, -0.1) is 0 Å². The Hall–Kier alpha value is 2.69. The molecule has 0 aromatic carbocycles. The van der Waals surface area contributed by atoms with Crippen LogP contribution < -0.4 is 0 Å². The largest absolute Gasteiger partial charge is 0 e. The van der Waals surface area contributed by atoms with Crippen LogP contribution >= 0.6 is 0 Å². The van der Waals surface area contributed by atoms with E-state index in [-0.39, 0.29) is 63.5 Å². The first kappa shape index (κ1) is 25.3. The Labute approximate surface area is 88.0 Å². The van der Waals surface area contributed by atoms with E-state index in [2.05, 4.69) is 0 Å². The van der Waals surface area contributed by atoms with E-state index in [1.165, 1.54) is 0 Å². The normalized spacial score (nSPS) is 0.800. The third-order valence-electron chi connectivity index (χ3n) is 0. The zero-order valence-electron chi connectivity index (χ0n) is 2.21. The minimum atomic E-state index is 0. The summed E-state index contributed by atoms with van der Waals surface area (Å²) in [6, 6.07) is 0. The van der Waals surface area contributed by atoms with Gasteiger partial charge in [-0.05, 0) is 0 Å². The molecular weight excluding hydrogens is 491 g/mol. The maximum Gasteiger partial charge on any atom is 0 e. The minimum absolute atomic E-state index is 0. The second kappa shape index (κ2) is 29.9. The van der Waals surface area contributed by atoms with Gasteiger partial charge < -0.3 is 0 Å². The molecule has 0 atom stereocenters. The molecule has 0 aliphatic carbocycles. The summed E-state index contributed by atoms with van der Waals surface area (Å²) in [4.78, 5) is 0. The monoisotopic (exact) mass is 492 g/mol. The molecule has 0 aromatic rings. The van der Waals surface area contributed by atoms with Crippen molar-refractivity contribution in [3.05, 3.63) is 0 Å². The summed E-state index contributed by atoms with van der Waals surface area (Å²) in [5.74, 6) is 0. The van der Waals surface area contributed by atoms with Crippen LogP contribution in [0.3, 0.4) is 0 Å². The van der Waals surface area contributed by atoms with E-state index < -0.39 is 0 Å². The van der Waals surface area contributed by atoms with E-state index in [0.717, 1.165) is 0 Å². The molecule has 0 N–H and O–H groups in total. The summed E-state index contributed by atoms with van der Waals surface area (Å²) >= 11 is 0.500. The van der Waals surface area contributed by atoms with Gasteiger partial charge in [0, 0.05) is 63.5 Å². The maximum atomic E-state index is 8.30. The van der Waals surface area contributed by atoms with Gasteiger partial charge in [-0.25, -0.2) is 0 Å². The van der Waals surface area contributed by atoms with Crippen LogP contribution in [0.25, 0.3) is 0 Å². The standard InChI is InChI=1S/O.Sb.Sn.V.W. The second-order valence-electron chi connectivity index (χ2n) is 0. The molecule has 5 heavy (non-hydrogen) atoms. The van der Waals surface area contributed by atoms with Crippen molar-refractivity contribution in [3.8, 4) is 0 Å². The van der Waals surface area contributed by atoms with Crippen molar-refractivity contribution < 1.29 is 42.6 Å².